The Hall–Kier alpha value is -0.880. The van der Waals surface area contributed by atoms with Gasteiger partial charge in [-0.05, 0) is 42.4 Å². The van der Waals surface area contributed by atoms with Crippen molar-refractivity contribution in [3.8, 4) is 0 Å². The quantitative estimate of drug-likeness (QED) is 0.860. The van der Waals surface area contributed by atoms with Crippen molar-refractivity contribution in [2.45, 2.75) is 33.1 Å². The van der Waals surface area contributed by atoms with Crippen LogP contribution in [0.25, 0.3) is 0 Å². The first-order valence-corrected chi connectivity index (χ1v) is 9.90. The van der Waals surface area contributed by atoms with Crippen molar-refractivity contribution in [1.82, 2.24) is 0 Å². The molecule has 0 saturated heterocycles. The second-order valence-electron chi connectivity index (χ2n) is 7.04. The number of hydrogen-bond donors (Lipinski definition) is 1. The molecule has 1 aromatic carbocycles. The molecule has 2 bridgehead atoms. The smallest absolute Gasteiger partial charge is 0.233 e. The molecule has 3 rings (SSSR count). The van der Waals surface area contributed by atoms with E-state index in [0.717, 1.165) is 10.9 Å². The van der Waals surface area contributed by atoms with Crippen LogP contribution in [0.2, 0.25) is 0 Å². The fraction of sp³-hybridized carbons (Fsp3) is 0.562. The van der Waals surface area contributed by atoms with E-state index < -0.39 is 15.4 Å². The van der Waals surface area contributed by atoms with Gasteiger partial charge in [-0.25, -0.2) is 8.42 Å². The standard InChI is InChI=1S/C16H20BrNO3S/c1-15(2)11-6-7-16(15,14(19)8-11)10-22(20,21)18-13-5-3-4-12(17)9-13/h3-5,9,11,18H,6-8,10H2,1-2H3/t11-,16+/m0/s1. The highest BCUT2D eigenvalue weighted by Gasteiger charge is 2.65. The zero-order valence-electron chi connectivity index (χ0n) is 12.7. The minimum atomic E-state index is -3.57. The van der Waals surface area contributed by atoms with Gasteiger partial charge in [0.25, 0.3) is 0 Å². The minimum Gasteiger partial charge on any atom is -0.299 e. The molecule has 0 spiro atoms. The van der Waals surface area contributed by atoms with E-state index in [0.29, 0.717) is 24.4 Å². The average Bonchev–Trinajstić information content (AvgIpc) is 2.71. The summed E-state index contributed by atoms with van der Waals surface area (Å²) in [6.07, 6.45) is 2.16. The lowest BCUT2D eigenvalue weighted by Crippen LogP contribution is -2.43. The first-order chi connectivity index (χ1) is 10.2. The Morgan fingerprint density at radius 3 is 2.64 bits per heavy atom. The number of ketones is 1. The Bertz CT molecular complexity index is 729. The fourth-order valence-electron chi connectivity index (χ4n) is 4.20. The lowest BCUT2D eigenvalue weighted by Gasteiger charge is -2.36. The molecule has 1 N–H and O–H groups in total. The summed E-state index contributed by atoms with van der Waals surface area (Å²) < 4.78 is 28.6. The second-order valence-corrected chi connectivity index (χ2v) is 9.68. The molecule has 2 aliphatic rings. The van der Waals surface area contributed by atoms with Crippen LogP contribution in [0.4, 0.5) is 5.69 Å². The Balaban J connectivity index is 1.87. The molecule has 2 fully saturated rings. The van der Waals surface area contributed by atoms with Crippen molar-refractivity contribution >= 4 is 37.4 Å². The molecule has 2 saturated carbocycles. The van der Waals surface area contributed by atoms with E-state index in [9.17, 15) is 13.2 Å². The number of anilines is 1. The largest absolute Gasteiger partial charge is 0.299 e. The minimum absolute atomic E-state index is 0.116. The molecular formula is C16H20BrNO3S. The summed E-state index contributed by atoms with van der Waals surface area (Å²) in [5.41, 5.74) is -0.449. The maximum Gasteiger partial charge on any atom is 0.233 e. The summed E-state index contributed by atoms with van der Waals surface area (Å²) in [5.74, 6) is 0.323. The number of hydrogen-bond acceptors (Lipinski definition) is 3. The Kier molecular flexibility index (Phi) is 3.68. The van der Waals surface area contributed by atoms with Crippen molar-refractivity contribution in [2.75, 3.05) is 10.5 Å². The summed E-state index contributed by atoms with van der Waals surface area (Å²) in [5, 5.41) is 0. The van der Waals surface area contributed by atoms with Gasteiger partial charge in [0.1, 0.15) is 5.78 Å². The summed E-state index contributed by atoms with van der Waals surface area (Å²) in [6.45, 7) is 4.09. The molecule has 6 heteroatoms. The van der Waals surface area contributed by atoms with Crippen molar-refractivity contribution < 1.29 is 13.2 Å². The molecule has 22 heavy (non-hydrogen) atoms. The number of sulfonamides is 1. The molecule has 2 atom stereocenters. The van der Waals surface area contributed by atoms with Gasteiger partial charge in [0, 0.05) is 16.6 Å². The monoisotopic (exact) mass is 385 g/mol. The van der Waals surface area contributed by atoms with Crippen LogP contribution in [0.3, 0.4) is 0 Å². The molecule has 0 radical (unpaired) electrons. The third kappa shape index (κ3) is 2.40. The van der Waals surface area contributed by atoms with Crippen LogP contribution in [-0.2, 0) is 14.8 Å². The molecule has 0 aromatic heterocycles. The number of rotatable bonds is 4. The van der Waals surface area contributed by atoms with Gasteiger partial charge in [0.05, 0.1) is 11.2 Å². The average molecular weight is 386 g/mol. The van der Waals surface area contributed by atoms with E-state index in [4.69, 9.17) is 0 Å². The zero-order valence-corrected chi connectivity index (χ0v) is 15.1. The number of fused-ring (bicyclic) bond motifs is 2. The predicted octanol–water partition coefficient (Wildman–Crippen LogP) is 3.59. The summed E-state index contributed by atoms with van der Waals surface area (Å²) >= 11 is 3.33. The predicted molar refractivity (Wildman–Crippen MR) is 90.1 cm³/mol. The highest BCUT2D eigenvalue weighted by Crippen LogP contribution is 2.64. The van der Waals surface area contributed by atoms with Gasteiger partial charge in [-0.1, -0.05) is 35.8 Å². The maximum atomic E-state index is 12.6. The number of nitrogens with one attached hydrogen (secondary N) is 1. The van der Waals surface area contributed by atoms with Crippen LogP contribution >= 0.6 is 15.9 Å². The van der Waals surface area contributed by atoms with Crippen LogP contribution in [0.15, 0.2) is 28.7 Å². The van der Waals surface area contributed by atoms with Gasteiger partial charge in [-0.15, -0.1) is 0 Å². The Morgan fingerprint density at radius 2 is 2.09 bits per heavy atom. The lowest BCUT2D eigenvalue weighted by molar-refractivity contribution is -0.128. The Labute approximate surface area is 139 Å². The number of Topliss-reactive ketones (excluding diaryl/α,β-unsaturated/α-hetero) is 1. The molecule has 0 heterocycles. The van der Waals surface area contributed by atoms with Crippen LogP contribution in [0.5, 0.6) is 0 Å². The van der Waals surface area contributed by atoms with Gasteiger partial charge in [-0.2, -0.15) is 0 Å². The molecular weight excluding hydrogens is 366 g/mol. The first-order valence-electron chi connectivity index (χ1n) is 7.46. The lowest BCUT2D eigenvalue weighted by atomic mass is 9.70. The summed E-state index contributed by atoms with van der Waals surface area (Å²) in [7, 11) is -3.57. The van der Waals surface area contributed by atoms with Crippen LogP contribution in [-0.4, -0.2) is 20.0 Å². The second kappa shape index (κ2) is 5.06. The maximum absolute atomic E-state index is 12.6. The molecule has 2 aliphatic carbocycles. The van der Waals surface area contributed by atoms with Gasteiger partial charge in [0.15, 0.2) is 0 Å². The number of carbonyl (C=O) groups excluding carboxylic acids is 1. The van der Waals surface area contributed by atoms with E-state index in [2.05, 4.69) is 20.7 Å². The molecule has 4 nitrogen and oxygen atoms in total. The molecule has 1 aromatic rings. The van der Waals surface area contributed by atoms with Crippen molar-refractivity contribution in [1.29, 1.82) is 0 Å². The highest BCUT2D eigenvalue weighted by molar-refractivity contribution is 9.10. The van der Waals surface area contributed by atoms with Crippen molar-refractivity contribution in [3.05, 3.63) is 28.7 Å². The first kappa shape index (κ1) is 16.0. The van der Waals surface area contributed by atoms with E-state index in [1.165, 1.54) is 0 Å². The third-order valence-electron chi connectivity index (χ3n) is 5.67. The summed E-state index contributed by atoms with van der Waals surface area (Å²) in [6, 6.07) is 7.03. The van der Waals surface area contributed by atoms with E-state index in [1.54, 1.807) is 18.2 Å². The van der Waals surface area contributed by atoms with Crippen LogP contribution in [0.1, 0.15) is 33.1 Å². The fourth-order valence-corrected chi connectivity index (χ4v) is 6.48. The number of carbonyl (C=O) groups is 1. The molecule has 0 aliphatic heterocycles. The topological polar surface area (TPSA) is 63.2 Å². The van der Waals surface area contributed by atoms with Gasteiger partial charge in [0.2, 0.25) is 10.0 Å². The highest BCUT2D eigenvalue weighted by atomic mass is 79.9. The number of benzene rings is 1. The molecule has 120 valence electrons. The molecule has 0 unspecified atom stereocenters. The zero-order chi connectivity index (χ0) is 16.2. The van der Waals surface area contributed by atoms with Gasteiger partial charge >= 0.3 is 0 Å². The van der Waals surface area contributed by atoms with Crippen LogP contribution in [0, 0.1) is 16.7 Å². The third-order valence-corrected chi connectivity index (χ3v) is 7.59. The van der Waals surface area contributed by atoms with E-state index in [1.807, 2.05) is 19.9 Å². The van der Waals surface area contributed by atoms with Crippen molar-refractivity contribution in [3.63, 3.8) is 0 Å². The molecule has 0 amide bonds. The van der Waals surface area contributed by atoms with Crippen molar-refractivity contribution in [2.24, 2.45) is 16.7 Å². The van der Waals surface area contributed by atoms with E-state index >= 15 is 0 Å². The summed E-state index contributed by atoms with van der Waals surface area (Å²) in [4.78, 5) is 12.5. The van der Waals surface area contributed by atoms with Gasteiger partial charge in [-0.3, -0.25) is 9.52 Å². The Morgan fingerprint density at radius 1 is 1.36 bits per heavy atom. The van der Waals surface area contributed by atoms with E-state index in [-0.39, 0.29) is 17.0 Å². The normalized spacial score (nSPS) is 29.8. The van der Waals surface area contributed by atoms with Gasteiger partial charge < -0.3 is 0 Å². The SMILES string of the molecule is CC1(C)[C@H]2CC[C@@]1(CS(=O)(=O)Nc1cccc(Br)c1)C(=O)C2. The number of halogens is 1. The van der Waals surface area contributed by atoms with Crippen LogP contribution < -0.4 is 4.72 Å².